The number of likely N-dealkylation sites (N-methyl/N-ethyl adjacent to an activating group) is 1. The van der Waals surface area contributed by atoms with E-state index >= 15 is 0 Å². The lowest BCUT2D eigenvalue weighted by Gasteiger charge is -2.39. The van der Waals surface area contributed by atoms with Gasteiger partial charge in [-0.3, -0.25) is 9.59 Å². The Morgan fingerprint density at radius 3 is 2.68 bits per heavy atom. The topological polar surface area (TPSA) is 90.7 Å². The van der Waals surface area contributed by atoms with Crippen molar-refractivity contribution in [2.45, 2.75) is 25.4 Å². The first-order valence-corrected chi connectivity index (χ1v) is 13.1. The van der Waals surface area contributed by atoms with E-state index in [4.69, 9.17) is 28.2 Å². The Bertz CT molecular complexity index is 1430. The molecular weight excluding hydrogens is 513 g/mol. The van der Waals surface area contributed by atoms with Crippen LogP contribution < -0.4 is 10.9 Å². The van der Waals surface area contributed by atoms with Crippen LogP contribution >= 0.6 is 23.2 Å². The van der Waals surface area contributed by atoms with Crippen molar-refractivity contribution in [3.63, 3.8) is 0 Å². The summed E-state index contributed by atoms with van der Waals surface area (Å²) >= 11 is 13.1. The van der Waals surface area contributed by atoms with Crippen LogP contribution in [0.2, 0.25) is 10.0 Å². The Labute approximate surface area is 225 Å². The van der Waals surface area contributed by atoms with Crippen molar-refractivity contribution in [2.24, 2.45) is 5.92 Å². The fourth-order valence-electron chi connectivity index (χ4n) is 5.19. The van der Waals surface area contributed by atoms with Gasteiger partial charge in [-0.25, -0.2) is 4.98 Å². The molecule has 194 valence electrons. The van der Waals surface area contributed by atoms with Gasteiger partial charge in [-0.05, 0) is 62.8 Å². The zero-order valence-corrected chi connectivity index (χ0v) is 22.1. The van der Waals surface area contributed by atoms with E-state index in [0.29, 0.717) is 64.4 Å². The summed E-state index contributed by atoms with van der Waals surface area (Å²) in [5.74, 6) is 0.364. The number of likely N-dealkylation sites (tertiary alicyclic amines) is 2. The number of aromatic hydroxyl groups is 1. The summed E-state index contributed by atoms with van der Waals surface area (Å²) in [7, 11) is 2.09. The second-order valence-electron chi connectivity index (χ2n) is 9.83. The van der Waals surface area contributed by atoms with Crippen molar-refractivity contribution in [1.29, 1.82) is 0 Å². The molecule has 1 amide bonds. The molecule has 1 aromatic heterocycles. The minimum Gasteiger partial charge on any atom is -0.508 e. The van der Waals surface area contributed by atoms with Gasteiger partial charge in [0, 0.05) is 54.3 Å². The summed E-state index contributed by atoms with van der Waals surface area (Å²) in [6.07, 6.45) is 3.50. The van der Waals surface area contributed by atoms with Gasteiger partial charge >= 0.3 is 0 Å². The highest BCUT2D eigenvalue weighted by molar-refractivity contribution is 6.37. The van der Waals surface area contributed by atoms with E-state index < -0.39 is 0 Å². The smallest absolute Gasteiger partial charge is 0.293 e. The van der Waals surface area contributed by atoms with Crippen LogP contribution in [0.1, 0.15) is 12.8 Å². The summed E-state index contributed by atoms with van der Waals surface area (Å²) in [5.41, 5.74) is 2.15. The lowest BCUT2D eigenvalue weighted by molar-refractivity contribution is -0.132. The van der Waals surface area contributed by atoms with Gasteiger partial charge in [0.15, 0.2) is 5.82 Å². The summed E-state index contributed by atoms with van der Waals surface area (Å²) in [6, 6.07) is 8.54. The fraction of sp³-hybridized carbons (Fsp3) is 0.370. The van der Waals surface area contributed by atoms with Gasteiger partial charge in [0.05, 0.1) is 16.1 Å². The van der Waals surface area contributed by atoms with E-state index in [2.05, 4.69) is 23.8 Å². The molecule has 2 fully saturated rings. The number of halogens is 2. The van der Waals surface area contributed by atoms with E-state index in [-0.39, 0.29) is 29.0 Å². The average molecular weight is 542 g/mol. The molecule has 37 heavy (non-hydrogen) atoms. The molecule has 0 saturated carbocycles. The largest absolute Gasteiger partial charge is 0.508 e. The number of hydrogen-bond acceptors (Lipinski definition) is 6. The van der Waals surface area contributed by atoms with Crippen molar-refractivity contribution in [2.75, 3.05) is 38.5 Å². The van der Waals surface area contributed by atoms with Gasteiger partial charge in [0.1, 0.15) is 5.75 Å². The van der Waals surface area contributed by atoms with Crippen molar-refractivity contribution < 1.29 is 9.90 Å². The average Bonchev–Trinajstić information content (AvgIpc) is 3.26. The third kappa shape index (κ3) is 5.06. The molecule has 0 unspecified atom stereocenters. The minimum atomic E-state index is -0.221. The molecule has 0 spiro atoms. The van der Waals surface area contributed by atoms with Gasteiger partial charge in [-0.1, -0.05) is 29.8 Å². The summed E-state index contributed by atoms with van der Waals surface area (Å²) in [6.45, 7) is 6.75. The predicted molar refractivity (Wildman–Crippen MR) is 148 cm³/mol. The zero-order chi connectivity index (χ0) is 26.3. The standard InChI is InChI=1S/C27H29Cl2N5O3/c1-3-25(36)33-13-16(14-33)15-34-24-11-22(29)20(19-9-18(35)6-7-21(19)28)10-23(24)31-26(27(34)37)30-12-17-5-4-8-32(17)2/h3,6-7,9-11,16-17,35H,1,4-5,8,12-15H2,2H3,(H,30,31)/t17-/m0/s1. The molecule has 0 radical (unpaired) electrons. The monoisotopic (exact) mass is 541 g/mol. The number of carbonyl (C=O) groups is 1. The molecule has 2 aliphatic heterocycles. The number of nitrogens with zero attached hydrogens (tertiary/aromatic N) is 4. The van der Waals surface area contributed by atoms with Crippen LogP contribution in [-0.4, -0.2) is 69.6 Å². The number of benzene rings is 2. The Morgan fingerprint density at radius 1 is 1.22 bits per heavy atom. The van der Waals surface area contributed by atoms with E-state index in [1.165, 1.54) is 12.1 Å². The molecule has 10 heteroatoms. The molecule has 0 aliphatic carbocycles. The minimum absolute atomic E-state index is 0.0696. The van der Waals surface area contributed by atoms with E-state index in [1.54, 1.807) is 33.7 Å². The first kappa shape index (κ1) is 25.6. The fourth-order valence-corrected chi connectivity index (χ4v) is 5.67. The maximum absolute atomic E-state index is 13.6. The van der Waals surface area contributed by atoms with Gasteiger partial charge in [-0.2, -0.15) is 0 Å². The van der Waals surface area contributed by atoms with Crippen LogP contribution in [0.3, 0.4) is 0 Å². The van der Waals surface area contributed by atoms with Crippen molar-refractivity contribution in [3.05, 3.63) is 63.4 Å². The number of rotatable bonds is 7. The van der Waals surface area contributed by atoms with Crippen LogP contribution in [0.5, 0.6) is 5.75 Å². The highest BCUT2D eigenvalue weighted by Crippen LogP contribution is 2.37. The third-order valence-electron chi connectivity index (χ3n) is 7.34. The SMILES string of the molecule is C=CC(=O)N1CC(Cn2c(=O)c(NC[C@@H]3CCCN3C)nc3cc(-c4cc(O)ccc4Cl)c(Cl)cc32)C1. The lowest BCUT2D eigenvalue weighted by atomic mass is 9.99. The highest BCUT2D eigenvalue weighted by atomic mass is 35.5. The van der Waals surface area contributed by atoms with Crippen LogP contribution in [0.15, 0.2) is 47.8 Å². The number of carbonyl (C=O) groups excluding carboxylic acids is 1. The maximum Gasteiger partial charge on any atom is 0.293 e. The lowest BCUT2D eigenvalue weighted by Crippen LogP contribution is -2.51. The first-order valence-electron chi connectivity index (χ1n) is 12.3. The van der Waals surface area contributed by atoms with Crippen molar-refractivity contribution in [1.82, 2.24) is 19.4 Å². The molecule has 3 aromatic rings. The number of fused-ring (bicyclic) bond motifs is 1. The zero-order valence-electron chi connectivity index (χ0n) is 20.6. The second-order valence-corrected chi connectivity index (χ2v) is 10.6. The number of phenols is 1. The molecule has 2 N–H and O–H groups in total. The quantitative estimate of drug-likeness (QED) is 0.435. The van der Waals surface area contributed by atoms with Crippen LogP contribution in [0.25, 0.3) is 22.2 Å². The van der Waals surface area contributed by atoms with Gasteiger partial charge in [0.2, 0.25) is 5.91 Å². The maximum atomic E-state index is 13.6. The number of aromatic nitrogens is 2. The molecule has 3 heterocycles. The predicted octanol–water partition coefficient (Wildman–Crippen LogP) is 4.23. The Kier molecular flexibility index (Phi) is 7.16. The summed E-state index contributed by atoms with van der Waals surface area (Å²) < 4.78 is 1.70. The molecule has 2 aromatic carbocycles. The molecule has 5 rings (SSSR count). The highest BCUT2D eigenvalue weighted by Gasteiger charge is 2.31. The van der Waals surface area contributed by atoms with Crippen LogP contribution in [0, 0.1) is 5.92 Å². The first-order chi connectivity index (χ1) is 17.7. The number of phenolic OH excluding ortho intramolecular Hbond substituents is 1. The molecule has 2 saturated heterocycles. The molecular formula is C27H29Cl2N5O3. The number of hydrogen-bond donors (Lipinski definition) is 2. The van der Waals surface area contributed by atoms with Crippen molar-refractivity contribution in [3.8, 4) is 16.9 Å². The third-order valence-corrected chi connectivity index (χ3v) is 7.98. The number of anilines is 1. The van der Waals surface area contributed by atoms with Gasteiger partial charge in [-0.15, -0.1) is 0 Å². The summed E-state index contributed by atoms with van der Waals surface area (Å²) in [4.78, 5) is 34.2. The molecule has 8 nitrogen and oxygen atoms in total. The van der Waals surface area contributed by atoms with Crippen LogP contribution in [0.4, 0.5) is 5.82 Å². The van der Waals surface area contributed by atoms with Crippen molar-refractivity contribution >= 4 is 46.0 Å². The molecule has 0 bridgehead atoms. The van der Waals surface area contributed by atoms with E-state index in [1.807, 2.05) is 0 Å². The Hall–Kier alpha value is -3.07. The van der Waals surface area contributed by atoms with E-state index in [0.717, 1.165) is 19.4 Å². The summed E-state index contributed by atoms with van der Waals surface area (Å²) in [5, 5.41) is 14.1. The second kappa shape index (κ2) is 10.4. The van der Waals surface area contributed by atoms with Gasteiger partial charge in [0.25, 0.3) is 5.56 Å². The van der Waals surface area contributed by atoms with Crippen LogP contribution in [-0.2, 0) is 11.3 Å². The Balaban J connectivity index is 1.55. The van der Waals surface area contributed by atoms with E-state index in [9.17, 15) is 14.7 Å². The number of amides is 1. The normalized spacial score (nSPS) is 18.2. The Morgan fingerprint density at radius 2 is 1.97 bits per heavy atom. The molecule has 1 atom stereocenters. The molecule has 2 aliphatic rings. The van der Waals surface area contributed by atoms with Gasteiger partial charge < -0.3 is 24.8 Å². The number of nitrogens with one attached hydrogen (secondary N) is 1.